The van der Waals surface area contributed by atoms with Gasteiger partial charge in [0.1, 0.15) is 11.5 Å². The lowest BCUT2D eigenvalue weighted by Gasteiger charge is -2.15. The molecule has 1 rings (SSSR count). The standard InChI is InChI=1S/C12H18N2O4/c1-8(13-3-4-14-12(17)18-2)9-5-10(15)7-11(16)6-9/h5-8,13,15-16H,3-4H2,1-2H3,(H,14,17). The second-order valence-corrected chi connectivity index (χ2v) is 3.88. The maximum Gasteiger partial charge on any atom is 0.406 e. The molecule has 100 valence electrons. The second-order valence-electron chi connectivity index (χ2n) is 3.88. The highest BCUT2D eigenvalue weighted by molar-refractivity contribution is 5.66. The number of carbonyl (C=O) groups excluding carboxylic acids is 1. The molecule has 0 saturated heterocycles. The number of hydrogen-bond acceptors (Lipinski definition) is 5. The van der Waals surface area contributed by atoms with E-state index in [1.165, 1.54) is 13.2 Å². The molecule has 0 spiro atoms. The van der Waals surface area contributed by atoms with Crippen LogP contribution in [0.5, 0.6) is 11.5 Å². The SMILES string of the molecule is COC(=O)NCCNC(C)c1cc(O)cc(O)c1. The minimum absolute atomic E-state index is 0.0198. The summed E-state index contributed by atoms with van der Waals surface area (Å²) < 4.78 is 4.43. The summed E-state index contributed by atoms with van der Waals surface area (Å²) in [5.74, 6) is 0.0395. The molecular weight excluding hydrogens is 236 g/mol. The minimum Gasteiger partial charge on any atom is -0.508 e. The van der Waals surface area contributed by atoms with Gasteiger partial charge < -0.3 is 25.6 Å². The largest absolute Gasteiger partial charge is 0.508 e. The number of nitrogens with one attached hydrogen (secondary N) is 2. The van der Waals surface area contributed by atoms with Crippen molar-refractivity contribution in [2.45, 2.75) is 13.0 Å². The number of carbonyl (C=O) groups is 1. The first-order valence-corrected chi connectivity index (χ1v) is 5.61. The average molecular weight is 254 g/mol. The second kappa shape index (κ2) is 6.70. The highest BCUT2D eigenvalue weighted by atomic mass is 16.5. The van der Waals surface area contributed by atoms with Gasteiger partial charge in [-0.15, -0.1) is 0 Å². The van der Waals surface area contributed by atoms with Crippen molar-refractivity contribution in [1.82, 2.24) is 10.6 Å². The predicted octanol–water partition coefficient (Wildman–Crippen LogP) is 1.10. The Hall–Kier alpha value is -1.95. The van der Waals surface area contributed by atoms with Gasteiger partial charge in [0.25, 0.3) is 0 Å². The molecule has 1 unspecified atom stereocenters. The molecule has 0 fully saturated rings. The molecule has 0 aliphatic heterocycles. The first-order chi connectivity index (χ1) is 8.52. The number of benzene rings is 1. The van der Waals surface area contributed by atoms with Crippen LogP contribution < -0.4 is 10.6 Å². The zero-order valence-electron chi connectivity index (χ0n) is 10.4. The first kappa shape index (κ1) is 14.1. The van der Waals surface area contributed by atoms with Gasteiger partial charge in [-0.2, -0.15) is 0 Å². The molecule has 1 aromatic carbocycles. The van der Waals surface area contributed by atoms with E-state index in [-0.39, 0.29) is 17.5 Å². The number of rotatable bonds is 5. The molecule has 0 radical (unpaired) electrons. The third kappa shape index (κ3) is 4.50. The van der Waals surface area contributed by atoms with Crippen LogP contribution in [0.1, 0.15) is 18.5 Å². The lowest BCUT2D eigenvalue weighted by molar-refractivity contribution is 0.171. The van der Waals surface area contributed by atoms with E-state index >= 15 is 0 Å². The van der Waals surface area contributed by atoms with Crippen LogP contribution in [0.2, 0.25) is 0 Å². The number of hydrogen-bond donors (Lipinski definition) is 4. The Kier molecular flexibility index (Phi) is 5.26. The van der Waals surface area contributed by atoms with E-state index in [1.807, 2.05) is 6.92 Å². The van der Waals surface area contributed by atoms with E-state index in [2.05, 4.69) is 15.4 Å². The van der Waals surface area contributed by atoms with Gasteiger partial charge in [-0.05, 0) is 24.6 Å². The molecule has 6 nitrogen and oxygen atoms in total. The molecule has 18 heavy (non-hydrogen) atoms. The fraction of sp³-hybridized carbons (Fsp3) is 0.417. The molecule has 0 aliphatic carbocycles. The summed E-state index contributed by atoms with van der Waals surface area (Å²) in [6.45, 7) is 2.88. The first-order valence-electron chi connectivity index (χ1n) is 5.61. The summed E-state index contributed by atoms with van der Waals surface area (Å²) in [6.07, 6.45) is -0.473. The van der Waals surface area contributed by atoms with Crippen LogP contribution in [0.4, 0.5) is 4.79 Å². The Bertz CT molecular complexity index is 389. The summed E-state index contributed by atoms with van der Waals surface area (Å²) in [6, 6.07) is 4.37. The molecule has 1 amide bonds. The highest BCUT2D eigenvalue weighted by Gasteiger charge is 2.07. The van der Waals surface area contributed by atoms with Gasteiger partial charge in [-0.25, -0.2) is 4.79 Å². The summed E-state index contributed by atoms with van der Waals surface area (Å²) >= 11 is 0. The summed E-state index contributed by atoms with van der Waals surface area (Å²) in [7, 11) is 1.31. The maximum atomic E-state index is 10.8. The summed E-state index contributed by atoms with van der Waals surface area (Å²) in [5.41, 5.74) is 0.769. The molecule has 0 heterocycles. The molecule has 4 N–H and O–H groups in total. The molecule has 0 bridgehead atoms. The third-order valence-corrected chi connectivity index (χ3v) is 2.46. The van der Waals surface area contributed by atoms with Gasteiger partial charge in [0.2, 0.25) is 0 Å². The van der Waals surface area contributed by atoms with Crippen LogP contribution in [0, 0.1) is 0 Å². The molecule has 0 saturated carbocycles. The normalized spacial score (nSPS) is 11.9. The van der Waals surface area contributed by atoms with Crippen LogP contribution in [0.3, 0.4) is 0 Å². The van der Waals surface area contributed by atoms with Gasteiger partial charge >= 0.3 is 6.09 Å². The van der Waals surface area contributed by atoms with Gasteiger partial charge in [0, 0.05) is 25.2 Å². The van der Waals surface area contributed by atoms with Crippen molar-refractivity contribution in [3.05, 3.63) is 23.8 Å². The molecule has 1 aromatic rings. The van der Waals surface area contributed by atoms with E-state index in [1.54, 1.807) is 12.1 Å². The molecular formula is C12H18N2O4. The smallest absolute Gasteiger partial charge is 0.406 e. The van der Waals surface area contributed by atoms with Crippen molar-refractivity contribution in [2.75, 3.05) is 20.2 Å². The molecule has 1 atom stereocenters. The number of methoxy groups -OCH3 is 1. The average Bonchev–Trinajstić information content (AvgIpc) is 2.32. The lowest BCUT2D eigenvalue weighted by atomic mass is 10.1. The highest BCUT2D eigenvalue weighted by Crippen LogP contribution is 2.24. The third-order valence-electron chi connectivity index (χ3n) is 2.46. The maximum absolute atomic E-state index is 10.8. The van der Waals surface area contributed by atoms with Crippen molar-refractivity contribution < 1.29 is 19.7 Å². The van der Waals surface area contributed by atoms with E-state index < -0.39 is 6.09 Å². The monoisotopic (exact) mass is 254 g/mol. The Labute approximate surface area is 106 Å². The Morgan fingerprint density at radius 2 is 1.89 bits per heavy atom. The Morgan fingerprint density at radius 1 is 1.28 bits per heavy atom. The number of alkyl carbamates (subject to hydrolysis) is 1. The minimum atomic E-state index is -0.473. The molecule has 0 aromatic heterocycles. The van der Waals surface area contributed by atoms with Crippen LogP contribution >= 0.6 is 0 Å². The quantitative estimate of drug-likeness (QED) is 0.591. The number of amides is 1. The van der Waals surface area contributed by atoms with Crippen LogP contribution in [-0.2, 0) is 4.74 Å². The van der Waals surface area contributed by atoms with Crippen molar-refractivity contribution in [3.63, 3.8) is 0 Å². The van der Waals surface area contributed by atoms with Crippen molar-refractivity contribution in [3.8, 4) is 11.5 Å². The molecule has 0 aliphatic rings. The van der Waals surface area contributed by atoms with Crippen molar-refractivity contribution in [1.29, 1.82) is 0 Å². The van der Waals surface area contributed by atoms with Crippen LogP contribution in [0.25, 0.3) is 0 Å². The van der Waals surface area contributed by atoms with Crippen LogP contribution in [0.15, 0.2) is 18.2 Å². The molecule has 6 heteroatoms. The van der Waals surface area contributed by atoms with E-state index in [0.717, 1.165) is 5.56 Å². The van der Waals surface area contributed by atoms with Gasteiger partial charge in [0.15, 0.2) is 0 Å². The number of phenols is 2. The Balaban J connectivity index is 2.40. The fourth-order valence-corrected chi connectivity index (χ4v) is 1.51. The van der Waals surface area contributed by atoms with E-state index in [0.29, 0.717) is 13.1 Å². The fourth-order valence-electron chi connectivity index (χ4n) is 1.51. The van der Waals surface area contributed by atoms with Crippen LogP contribution in [-0.4, -0.2) is 36.5 Å². The van der Waals surface area contributed by atoms with E-state index in [4.69, 9.17) is 0 Å². The predicted molar refractivity (Wildman–Crippen MR) is 66.6 cm³/mol. The van der Waals surface area contributed by atoms with Gasteiger partial charge in [-0.1, -0.05) is 0 Å². The van der Waals surface area contributed by atoms with Gasteiger partial charge in [-0.3, -0.25) is 0 Å². The zero-order chi connectivity index (χ0) is 13.5. The van der Waals surface area contributed by atoms with Gasteiger partial charge in [0.05, 0.1) is 7.11 Å². The topological polar surface area (TPSA) is 90.8 Å². The van der Waals surface area contributed by atoms with E-state index in [9.17, 15) is 15.0 Å². The number of aromatic hydroxyl groups is 2. The summed E-state index contributed by atoms with van der Waals surface area (Å²) in [5, 5.41) is 24.4. The lowest BCUT2D eigenvalue weighted by Crippen LogP contribution is -2.32. The number of ether oxygens (including phenoxy) is 1. The zero-order valence-corrected chi connectivity index (χ0v) is 10.4. The summed E-state index contributed by atoms with van der Waals surface area (Å²) in [4.78, 5) is 10.8. The van der Waals surface area contributed by atoms with Crippen molar-refractivity contribution >= 4 is 6.09 Å². The Morgan fingerprint density at radius 3 is 2.44 bits per heavy atom. The number of phenolic OH excluding ortho intramolecular Hbond substituents is 2. The van der Waals surface area contributed by atoms with Crippen molar-refractivity contribution in [2.24, 2.45) is 0 Å².